The summed E-state index contributed by atoms with van der Waals surface area (Å²) in [6.45, 7) is 4.84. The summed E-state index contributed by atoms with van der Waals surface area (Å²) in [4.78, 5) is 11.1. The minimum Gasteiger partial charge on any atom is -0.449 e. The molecule has 1 heterocycles. The Morgan fingerprint density at radius 1 is 1.41 bits per heavy atom. The number of carbonyl (C=O) groups excluding carboxylic acids is 1. The number of alkyl carbamates (subject to hydrolysis) is 1. The third-order valence-electron chi connectivity index (χ3n) is 2.91. The molecule has 0 spiro atoms. The fraction of sp³-hybridized carbons (Fsp3) is 0.462. The topological polar surface area (TPSA) is 38.3 Å². The second kappa shape index (κ2) is 5.92. The van der Waals surface area contributed by atoms with Crippen LogP contribution in [0.3, 0.4) is 0 Å². The monoisotopic (exact) mass is 255 g/mol. The van der Waals surface area contributed by atoms with E-state index < -0.39 is 0 Å². The maximum absolute atomic E-state index is 11.1. The largest absolute Gasteiger partial charge is 0.449 e. The summed E-state index contributed by atoms with van der Waals surface area (Å²) in [5, 5.41) is 2.84. The van der Waals surface area contributed by atoms with E-state index in [1.807, 2.05) is 6.07 Å². The summed E-state index contributed by atoms with van der Waals surface area (Å²) in [6, 6.07) is 8.49. The van der Waals surface area contributed by atoms with E-state index in [1.165, 1.54) is 11.1 Å². The van der Waals surface area contributed by atoms with E-state index in [4.69, 9.17) is 4.74 Å². The van der Waals surface area contributed by atoms with Gasteiger partial charge < -0.3 is 10.1 Å². The molecule has 1 N–H and O–H groups in total. The number of rotatable bonds is 2. The first-order valence-corrected chi connectivity index (χ1v) is 5.70. The lowest BCUT2D eigenvalue weighted by Crippen LogP contribution is -2.35. The molecule has 0 bridgehead atoms. The van der Waals surface area contributed by atoms with Gasteiger partial charge in [-0.15, -0.1) is 12.4 Å². The lowest BCUT2D eigenvalue weighted by molar-refractivity contribution is 0.115. The molecule has 3 nitrogen and oxygen atoms in total. The van der Waals surface area contributed by atoms with Crippen LogP contribution in [0.5, 0.6) is 0 Å². The van der Waals surface area contributed by atoms with E-state index in [0.717, 1.165) is 6.42 Å². The third kappa shape index (κ3) is 3.37. The number of benzene rings is 1. The highest BCUT2D eigenvalue weighted by Gasteiger charge is 2.20. The highest BCUT2D eigenvalue weighted by Crippen LogP contribution is 2.23. The molecule has 1 saturated heterocycles. The molecule has 4 heteroatoms. The second-order valence-electron chi connectivity index (χ2n) is 4.45. The lowest BCUT2D eigenvalue weighted by Gasteiger charge is -2.24. The van der Waals surface area contributed by atoms with Crippen molar-refractivity contribution in [3.63, 3.8) is 0 Å². The lowest BCUT2D eigenvalue weighted by atomic mass is 9.96. The number of cyclic esters (lactones) is 1. The number of nitrogens with one attached hydrogen (secondary N) is 1. The highest BCUT2D eigenvalue weighted by molar-refractivity contribution is 5.85. The Kier molecular flexibility index (Phi) is 4.82. The number of amides is 1. The van der Waals surface area contributed by atoms with Gasteiger partial charge in [-0.05, 0) is 17.0 Å². The molecular weight excluding hydrogens is 238 g/mol. The Morgan fingerprint density at radius 3 is 2.82 bits per heavy atom. The van der Waals surface area contributed by atoms with Gasteiger partial charge in [0.15, 0.2) is 0 Å². The van der Waals surface area contributed by atoms with Crippen molar-refractivity contribution in [2.75, 3.05) is 6.61 Å². The SMILES string of the molecule is CC(C)c1cccc([C@@H]2CCOC(=O)N2)c1.Cl. The molecule has 94 valence electrons. The average Bonchev–Trinajstić information content (AvgIpc) is 2.29. The summed E-state index contributed by atoms with van der Waals surface area (Å²) in [5.41, 5.74) is 2.47. The number of hydrogen-bond acceptors (Lipinski definition) is 2. The van der Waals surface area contributed by atoms with Crippen LogP contribution in [0.4, 0.5) is 4.79 Å². The van der Waals surface area contributed by atoms with Crippen LogP contribution in [0.1, 0.15) is 43.4 Å². The van der Waals surface area contributed by atoms with Gasteiger partial charge in [0, 0.05) is 6.42 Å². The zero-order chi connectivity index (χ0) is 11.5. The summed E-state index contributed by atoms with van der Waals surface area (Å²) in [7, 11) is 0. The minimum absolute atomic E-state index is 0. The molecule has 1 amide bonds. The Labute approximate surface area is 108 Å². The Balaban J connectivity index is 0.00000144. The van der Waals surface area contributed by atoms with Gasteiger partial charge in [-0.1, -0.05) is 38.1 Å². The van der Waals surface area contributed by atoms with E-state index in [-0.39, 0.29) is 24.5 Å². The van der Waals surface area contributed by atoms with Crippen molar-refractivity contribution in [1.82, 2.24) is 5.32 Å². The van der Waals surface area contributed by atoms with Gasteiger partial charge in [0.05, 0.1) is 12.6 Å². The van der Waals surface area contributed by atoms with Gasteiger partial charge in [-0.3, -0.25) is 0 Å². The van der Waals surface area contributed by atoms with Gasteiger partial charge in [0.1, 0.15) is 0 Å². The van der Waals surface area contributed by atoms with Crippen molar-refractivity contribution in [1.29, 1.82) is 0 Å². The molecule has 0 radical (unpaired) electrons. The van der Waals surface area contributed by atoms with Crippen molar-refractivity contribution in [3.8, 4) is 0 Å². The summed E-state index contributed by atoms with van der Waals surface area (Å²) < 4.78 is 4.86. The Morgan fingerprint density at radius 2 is 2.18 bits per heavy atom. The molecule has 1 aromatic rings. The van der Waals surface area contributed by atoms with Crippen molar-refractivity contribution in [3.05, 3.63) is 35.4 Å². The summed E-state index contributed by atoms with van der Waals surface area (Å²) >= 11 is 0. The Bertz CT molecular complexity index is 393. The fourth-order valence-electron chi connectivity index (χ4n) is 1.91. The maximum atomic E-state index is 11.1. The zero-order valence-corrected chi connectivity index (χ0v) is 10.9. The molecular formula is C13H18ClNO2. The highest BCUT2D eigenvalue weighted by atomic mass is 35.5. The van der Waals surface area contributed by atoms with Gasteiger partial charge in [-0.25, -0.2) is 4.79 Å². The van der Waals surface area contributed by atoms with Crippen molar-refractivity contribution >= 4 is 18.5 Å². The van der Waals surface area contributed by atoms with E-state index in [9.17, 15) is 4.79 Å². The molecule has 2 rings (SSSR count). The van der Waals surface area contributed by atoms with Crippen LogP contribution >= 0.6 is 12.4 Å². The molecule has 0 aromatic heterocycles. The molecule has 1 fully saturated rings. The van der Waals surface area contributed by atoms with Crippen LogP contribution in [-0.4, -0.2) is 12.7 Å². The molecule has 1 aliphatic rings. The quantitative estimate of drug-likeness (QED) is 0.880. The second-order valence-corrected chi connectivity index (χ2v) is 4.45. The van der Waals surface area contributed by atoms with Crippen LogP contribution in [-0.2, 0) is 4.74 Å². The van der Waals surface area contributed by atoms with Gasteiger partial charge in [0.2, 0.25) is 0 Å². The van der Waals surface area contributed by atoms with Crippen LogP contribution in [0.15, 0.2) is 24.3 Å². The standard InChI is InChI=1S/C13H17NO2.ClH/c1-9(2)10-4-3-5-11(8-10)12-6-7-16-13(15)14-12;/h3-5,8-9,12H,6-7H2,1-2H3,(H,14,15);1H/t12-;/m0./s1. The van der Waals surface area contributed by atoms with E-state index in [1.54, 1.807) is 0 Å². The normalized spacial score (nSPS) is 19.2. The number of hydrogen-bond donors (Lipinski definition) is 1. The first-order chi connectivity index (χ1) is 7.66. The first kappa shape index (κ1) is 13.8. The molecule has 0 unspecified atom stereocenters. The van der Waals surface area contributed by atoms with Crippen LogP contribution < -0.4 is 5.32 Å². The van der Waals surface area contributed by atoms with E-state index in [2.05, 4.69) is 37.4 Å². The van der Waals surface area contributed by atoms with Crippen LogP contribution in [0.2, 0.25) is 0 Å². The molecule has 0 saturated carbocycles. The van der Waals surface area contributed by atoms with E-state index >= 15 is 0 Å². The first-order valence-electron chi connectivity index (χ1n) is 5.70. The van der Waals surface area contributed by atoms with Gasteiger partial charge >= 0.3 is 6.09 Å². The Hall–Kier alpha value is -1.22. The average molecular weight is 256 g/mol. The summed E-state index contributed by atoms with van der Waals surface area (Å²) in [5.74, 6) is 0.510. The van der Waals surface area contributed by atoms with Gasteiger partial charge in [-0.2, -0.15) is 0 Å². The van der Waals surface area contributed by atoms with E-state index in [0.29, 0.717) is 12.5 Å². The van der Waals surface area contributed by atoms with Crippen molar-refractivity contribution in [2.24, 2.45) is 0 Å². The predicted octanol–water partition coefficient (Wildman–Crippen LogP) is 3.40. The molecule has 1 aliphatic heterocycles. The molecule has 1 aromatic carbocycles. The minimum atomic E-state index is -0.314. The van der Waals surface area contributed by atoms with Crippen molar-refractivity contribution < 1.29 is 9.53 Å². The van der Waals surface area contributed by atoms with Crippen LogP contribution in [0.25, 0.3) is 0 Å². The van der Waals surface area contributed by atoms with Gasteiger partial charge in [0.25, 0.3) is 0 Å². The molecule has 17 heavy (non-hydrogen) atoms. The summed E-state index contributed by atoms with van der Waals surface area (Å²) in [6.07, 6.45) is 0.527. The third-order valence-corrected chi connectivity index (χ3v) is 2.91. The zero-order valence-electron chi connectivity index (χ0n) is 10.1. The number of ether oxygens (including phenoxy) is 1. The number of halogens is 1. The smallest absolute Gasteiger partial charge is 0.407 e. The predicted molar refractivity (Wildman–Crippen MR) is 69.6 cm³/mol. The fourth-order valence-corrected chi connectivity index (χ4v) is 1.91. The molecule has 1 atom stereocenters. The molecule has 0 aliphatic carbocycles. The van der Waals surface area contributed by atoms with Crippen LogP contribution in [0, 0.1) is 0 Å². The number of carbonyl (C=O) groups is 1. The maximum Gasteiger partial charge on any atom is 0.407 e. The van der Waals surface area contributed by atoms with Crippen molar-refractivity contribution in [2.45, 2.75) is 32.2 Å².